The number of ether oxygens (including phenoxy) is 2. The Hall–Kier alpha value is -4.41. The summed E-state index contributed by atoms with van der Waals surface area (Å²) in [6, 6.07) is 15.2. The second-order valence-electron chi connectivity index (χ2n) is 12.5. The number of esters is 1. The molecular formula is C34H44N4O7. The first-order chi connectivity index (χ1) is 21.5. The Morgan fingerprint density at radius 1 is 0.756 bits per heavy atom. The van der Waals surface area contributed by atoms with E-state index in [1.54, 1.807) is 20.8 Å². The van der Waals surface area contributed by atoms with E-state index in [4.69, 9.17) is 9.47 Å². The topological polar surface area (TPSA) is 134 Å². The van der Waals surface area contributed by atoms with Gasteiger partial charge in [0.1, 0.15) is 29.8 Å². The molecule has 2 aliphatic heterocycles. The summed E-state index contributed by atoms with van der Waals surface area (Å²) in [6.07, 6.45) is 1.83. The quantitative estimate of drug-likeness (QED) is 0.390. The second-order valence-corrected chi connectivity index (χ2v) is 12.5. The molecule has 2 heterocycles. The highest BCUT2D eigenvalue weighted by Crippen LogP contribution is 2.23. The zero-order valence-corrected chi connectivity index (χ0v) is 26.5. The van der Waals surface area contributed by atoms with Gasteiger partial charge in [-0.05, 0) is 57.6 Å². The van der Waals surface area contributed by atoms with E-state index < -0.39 is 53.6 Å². The maximum atomic E-state index is 14.0. The van der Waals surface area contributed by atoms with E-state index in [0.717, 1.165) is 11.1 Å². The molecule has 4 rings (SSSR count). The first-order valence-electron chi connectivity index (χ1n) is 15.5. The first-order valence-corrected chi connectivity index (χ1v) is 15.5. The Bertz CT molecular complexity index is 1350. The molecule has 0 unspecified atom stereocenters. The Balaban J connectivity index is 1.54. The molecular weight excluding hydrogens is 576 g/mol. The molecule has 242 valence electrons. The van der Waals surface area contributed by atoms with Gasteiger partial charge in [0, 0.05) is 25.9 Å². The summed E-state index contributed by atoms with van der Waals surface area (Å²) >= 11 is 0. The minimum Gasteiger partial charge on any atom is -0.467 e. The standard InChI is InChI=1S/C34H44N4O7/c1-34(2,3)45-33(43)36-26(22-24-15-9-6-10-16-24)31(41)37-19-11-17-27(37)29(39)35-25(21-23-13-7-5-8-14-23)30(40)38-20-12-18-28(38)32(42)44-4/h5-10,13-16,25-28H,11-12,17-22H2,1-4H3,(H,35,39)(H,36,43)/t25-,26-,27+,28+/m1/s1. The van der Waals surface area contributed by atoms with E-state index in [-0.39, 0.29) is 18.7 Å². The summed E-state index contributed by atoms with van der Waals surface area (Å²) in [7, 11) is 1.29. The highest BCUT2D eigenvalue weighted by Gasteiger charge is 2.42. The summed E-state index contributed by atoms with van der Waals surface area (Å²) < 4.78 is 10.4. The van der Waals surface area contributed by atoms with Crippen molar-refractivity contribution < 1.29 is 33.4 Å². The number of carbonyl (C=O) groups is 5. The molecule has 4 atom stereocenters. The maximum Gasteiger partial charge on any atom is 0.408 e. The fourth-order valence-corrected chi connectivity index (χ4v) is 5.93. The monoisotopic (exact) mass is 620 g/mol. The van der Waals surface area contributed by atoms with Crippen LogP contribution >= 0.6 is 0 Å². The molecule has 0 radical (unpaired) electrons. The van der Waals surface area contributed by atoms with Crippen molar-refractivity contribution in [2.45, 2.75) is 89.1 Å². The van der Waals surface area contributed by atoms with E-state index in [0.29, 0.717) is 38.8 Å². The molecule has 4 amide bonds. The lowest BCUT2D eigenvalue weighted by atomic mass is 10.0. The van der Waals surface area contributed by atoms with Gasteiger partial charge in [-0.15, -0.1) is 0 Å². The van der Waals surface area contributed by atoms with Crippen LogP contribution in [0.2, 0.25) is 0 Å². The molecule has 2 aromatic carbocycles. The summed E-state index contributed by atoms with van der Waals surface area (Å²) in [6.45, 7) is 5.93. The number of hydrogen-bond acceptors (Lipinski definition) is 7. The average Bonchev–Trinajstić information content (AvgIpc) is 3.70. The van der Waals surface area contributed by atoms with E-state index in [1.165, 1.54) is 16.9 Å². The third-order valence-corrected chi connectivity index (χ3v) is 8.02. The zero-order chi connectivity index (χ0) is 32.6. The number of likely N-dealkylation sites (tertiary alicyclic amines) is 2. The molecule has 45 heavy (non-hydrogen) atoms. The SMILES string of the molecule is COC(=O)[C@@H]1CCCN1C(=O)[C@@H](Cc1ccccc1)NC(=O)[C@@H]1CCCN1C(=O)[C@@H](Cc1ccccc1)NC(=O)OC(C)(C)C. The van der Waals surface area contributed by atoms with Crippen LogP contribution in [0.1, 0.15) is 57.6 Å². The largest absolute Gasteiger partial charge is 0.467 e. The normalized spacial score (nSPS) is 19.4. The van der Waals surface area contributed by atoms with Crippen LogP contribution in [0.4, 0.5) is 4.79 Å². The molecule has 0 bridgehead atoms. The van der Waals surface area contributed by atoms with Crippen molar-refractivity contribution in [3.8, 4) is 0 Å². The van der Waals surface area contributed by atoms with Gasteiger partial charge >= 0.3 is 12.1 Å². The van der Waals surface area contributed by atoms with Gasteiger partial charge in [-0.3, -0.25) is 14.4 Å². The van der Waals surface area contributed by atoms with Crippen molar-refractivity contribution in [3.63, 3.8) is 0 Å². The molecule has 2 N–H and O–H groups in total. The van der Waals surface area contributed by atoms with Crippen molar-refractivity contribution in [1.82, 2.24) is 20.4 Å². The molecule has 0 spiro atoms. The van der Waals surface area contributed by atoms with Gasteiger partial charge in [0.25, 0.3) is 0 Å². The molecule has 0 aromatic heterocycles. The smallest absolute Gasteiger partial charge is 0.408 e. The second kappa shape index (κ2) is 15.0. The highest BCUT2D eigenvalue weighted by atomic mass is 16.6. The van der Waals surface area contributed by atoms with Gasteiger partial charge < -0.3 is 29.9 Å². The van der Waals surface area contributed by atoms with Gasteiger partial charge in [0.2, 0.25) is 17.7 Å². The lowest BCUT2D eigenvalue weighted by Crippen LogP contribution is -2.58. The van der Waals surface area contributed by atoms with Crippen LogP contribution in [0.3, 0.4) is 0 Å². The van der Waals surface area contributed by atoms with Crippen molar-refractivity contribution in [2.75, 3.05) is 20.2 Å². The summed E-state index contributed by atoms with van der Waals surface area (Å²) in [4.78, 5) is 69.8. The number of alkyl carbamates (subject to hydrolysis) is 1. The van der Waals surface area contributed by atoms with E-state index in [1.807, 2.05) is 60.7 Å². The Kier molecular flexibility index (Phi) is 11.2. The summed E-state index contributed by atoms with van der Waals surface area (Å²) in [5, 5.41) is 5.64. The molecule has 0 aliphatic carbocycles. The number of rotatable bonds is 10. The molecule has 2 aromatic rings. The Morgan fingerprint density at radius 3 is 1.71 bits per heavy atom. The van der Waals surface area contributed by atoms with Crippen LogP contribution in [0.15, 0.2) is 60.7 Å². The Morgan fingerprint density at radius 2 is 1.22 bits per heavy atom. The number of nitrogens with one attached hydrogen (secondary N) is 2. The van der Waals surface area contributed by atoms with E-state index in [2.05, 4.69) is 10.6 Å². The minimum atomic E-state index is -0.970. The van der Waals surface area contributed by atoms with Crippen molar-refractivity contribution in [3.05, 3.63) is 71.8 Å². The van der Waals surface area contributed by atoms with Crippen LogP contribution in [-0.4, -0.2) is 89.6 Å². The fourth-order valence-electron chi connectivity index (χ4n) is 5.93. The van der Waals surface area contributed by atoms with E-state index in [9.17, 15) is 24.0 Å². The number of hydrogen-bond donors (Lipinski definition) is 2. The number of carbonyl (C=O) groups excluding carboxylic acids is 5. The highest BCUT2D eigenvalue weighted by molar-refractivity contribution is 5.95. The van der Waals surface area contributed by atoms with Gasteiger partial charge in [0.15, 0.2) is 0 Å². The molecule has 0 saturated carbocycles. The van der Waals surface area contributed by atoms with E-state index >= 15 is 0 Å². The van der Waals surface area contributed by atoms with Crippen LogP contribution in [0.25, 0.3) is 0 Å². The van der Waals surface area contributed by atoms with Gasteiger partial charge in [-0.2, -0.15) is 0 Å². The molecule has 11 nitrogen and oxygen atoms in total. The summed E-state index contributed by atoms with van der Waals surface area (Å²) in [5.74, 6) is -1.72. The van der Waals surface area contributed by atoms with Crippen molar-refractivity contribution in [1.29, 1.82) is 0 Å². The predicted molar refractivity (Wildman–Crippen MR) is 167 cm³/mol. The third-order valence-electron chi connectivity index (χ3n) is 8.02. The first kappa shape index (κ1) is 33.5. The van der Waals surface area contributed by atoms with Crippen LogP contribution in [-0.2, 0) is 41.5 Å². The number of amides is 4. The Labute approximate surface area is 264 Å². The average molecular weight is 621 g/mol. The zero-order valence-electron chi connectivity index (χ0n) is 26.5. The van der Waals surface area contributed by atoms with Gasteiger partial charge in [-0.1, -0.05) is 60.7 Å². The van der Waals surface area contributed by atoms with Crippen LogP contribution in [0.5, 0.6) is 0 Å². The van der Waals surface area contributed by atoms with Gasteiger partial charge in [-0.25, -0.2) is 9.59 Å². The number of nitrogens with zero attached hydrogens (tertiary/aromatic N) is 2. The van der Waals surface area contributed by atoms with Gasteiger partial charge in [0.05, 0.1) is 7.11 Å². The third kappa shape index (κ3) is 9.06. The lowest BCUT2D eigenvalue weighted by molar-refractivity contribution is -0.152. The lowest BCUT2D eigenvalue weighted by Gasteiger charge is -2.32. The minimum absolute atomic E-state index is 0.211. The molecule has 2 saturated heterocycles. The van der Waals surface area contributed by atoms with Crippen molar-refractivity contribution in [2.24, 2.45) is 0 Å². The summed E-state index contributed by atoms with van der Waals surface area (Å²) in [5.41, 5.74) is 0.920. The van der Waals surface area contributed by atoms with Crippen LogP contribution in [0, 0.1) is 0 Å². The van der Waals surface area contributed by atoms with Crippen LogP contribution < -0.4 is 10.6 Å². The predicted octanol–water partition coefficient (Wildman–Crippen LogP) is 3.00. The molecule has 2 aliphatic rings. The molecule has 2 fully saturated rings. The number of benzene rings is 2. The molecule has 11 heteroatoms. The van der Waals surface area contributed by atoms with Crippen molar-refractivity contribution >= 4 is 29.8 Å². The number of methoxy groups -OCH3 is 1. The maximum absolute atomic E-state index is 14.0. The fraction of sp³-hybridized carbons (Fsp3) is 0.500.